The van der Waals surface area contributed by atoms with Gasteiger partial charge in [0.15, 0.2) is 0 Å². The number of hydrogen-bond donors (Lipinski definition) is 3. The van der Waals surface area contributed by atoms with Gasteiger partial charge in [-0.15, -0.1) is 0 Å². The van der Waals surface area contributed by atoms with Crippen molar-refractivity contribution >= 4 is 6.03 Å². The largest absolute Gasteiger partial charge is 0.396 e. The van der Waals surface area contributed by atoms with Crippen molar-refractivity contribution in [3.63, 3.8) is 0 Å². The fourth-order valence-electron chi connectivity index (χ4n) is 3.55. The second-order valence-corrected chi connectivity index (χ2v) is 6.65. The minimum atomic E-state index is -0.126. The normalized spacial score (nSPS) is 29.4. The first-order chi connectivity index (χ1) is 10.6. The molecule has 0 bridgehead atoms. The molecule has 0 saturated heterocycles. The Morgan fingerprint density at radius 3 is 2.86 bits per heavy atom. The molecular formula is C18H24N2O2. The van der Waals surface area contributed by atoms with Crippen LogP contribution in [-0.2, 0) is 6.42 Å². The Bertz CT molecular complexity index is 597. The van der Waals surface area contributed by atoms with Crippen LogP contribution in [0.1, 0.15) is 36.1 Å². The smallest absolute Gasteiger partial charge is 0.315 e. The molecule has 3 rings (SSSR count). The van der Waals surface area contributed by atoms with Gasteiger partial charge in [-0.25, -0.2) is 4.79 Å². The zero-order valence-electron chi connectivity index (χ0n) is 13.2. The van der Waals surface area contributed by atoms with Crippen molar-refractivity contribution in [1.82, 2.24) is 10.6 Å². The van der Waals surface area contributed by atoms with Crippen molar-refractivity contribution in [2.24, 2.45) is 11.8 Å². The summed E-state index contributed by atoms with van der Waals surface area (Å²) in [6.45, 7) is 4.40. The van der Waals surface area contributed by atoms with Gasteiger partial charge in [0.25, 0.3) is 0 Å². The number of aryl methyl sites for hydroxylation is 1. The molecule has 4 nitrogen and oxygen atoms in total. The van der Waals surface area contributed by atoms with E-state index in [4.69, 9.17) is 5.11 Å². The van der Waals surface area contributed by atoms with E-state index < -0.39 is 0 Å². The van der Waals surface area contributed by atoms with Gasteiger partial charge >= 0.3 is 6.03 Å². The zero-order valence-corrected chi connectivity index (χ0v) is 13.2. The number of rotatable bonds is 3. The molecule has 2 unspecified atom stereocenters. The Morgan fingerprint density at radius 1 is 1.32 bits per heavy atom. The third kappa shape index (κ3) is 3.02. The molecule has 0 radical (unpaired) electrons. The first-order valence-corrected chi connectivity index (χ1v) is 8.02. The minimum absolute atomic E-state index is 0.0193. The molecule has 0 saturated carbocycles. The summed E-state index contributed by atoms with van der Waals surface area (Å²) in [5.74, 6) is 0.575. The molecule has 0 fully saturated rings. The molecule has 0 aromatic heterocycles. The molecule has 0 heterocycles. The van der Waals surface area contributed by atoms with E-state index in [0.717, 1.165) is 12.8 Å². The third-order valence-corrected chi connectivity index (χ3v) is 4.76. The van der Waals surface area contributed by atoms with E-state index in [1.807, 2.05) is 12.2 Å². The number of carbonyl (C=O) groups is 1. The van der Waals surface area contributed by atoms with Crippen LogP contribution in [0.15, 0.2) is 30.4 Å². The van der Waals surface area contributed by atoms with Crippen LogP contribution in [0.3, 0.4) is 0 Å². The van der Waals surface area contributed by atoms with Gasteiger partial charge in [-0.3, -0.25) is 0 Å². The molecule has 4 heteroatoms. The maximum Gasteiger partial charge on any atom is 0.315 e. The van der Waals surface area contributed by atoms with E-state index in [2.05, 4.69) is 42.7 Å². The van der Waals surface area contributed by atoms with Crippen molar-refractivity contribution in [2.75, 3.05) is 6.61 Å². The predicted molar refractivity (Wildman–Crippen MR) is 86.6 cm³/mol. The lowest BCUT2D eigenvalue weighted by Crippen LogP contribution is -2.43. The fraction of sp³-hybridized carbons (Fsp3) is 0.500. The second-order valence-electron chi connectivity index (χ2n) is 6.65. The number of hydrogen-bond acceptors (Lipinski definition) is 2. The van der Waals surface area contributed by atoms with Crippen molar-refractivity contribution in [2.45, 2.75) is 38.8 Å². The molecule has 4 atom stereocenters. The average Bonchev–Trinajstić information content (AvgIpc) is 3.05. The van der Waals surface area contributed by atoms with Gasteiger partial charge in [-0.05, 0) is 36.8 Å². The summed E-state index contributed by atoms with van der Waals surface area (Å²) in [4.78, 5) is 12.3. The van der Waals surface area contributed by atoms with Crippen LogP contribution in [0.25, 0.3) is 0 Å². The molecule has 0 spiro atoms. The Kier molecular flexibility index (Phi) is 4.21. The summed E-state index contributed by atoms with van der Waals surface area (Å²) in [7, 11) is 0. The van der Waals surface area contributed by atoms with Crippen LogP contribution < -0.4 is 10.6 Å². The van der Waals surface area contributed by atoms with E-state index >= 15 is 0 Å². The van der Waals surface area contributed by atoms with Crippen LogP contribution in [0.4, 0.5) is 4.79 Å². The maximum atomic E-state index is 12.3. The Morgan fingerprint density at radius 2 is 2.14 bits per heavy atom. The summed E-state index contributed by atoms with van der Waals surface area (Å²) < 4.78 is 0. The monoisotopic (exact) mass is 300 g/mol. The van der Waals surface area contributed by atoms with Crippen LogP contribution >= 0.6 is 0 Å². The molecule has 2 amide bonds. The van der Waals surface area contributed by atoms with E-state index in [-0.39, 0.29) is 30.6 Å². The summed E-state index contributed by atoms with van der Waals surface area (Å²) >= 11 is 0. The Hall–Kier alpha value is -1.81. The predicted octanol–water partition coefficient (Wildman–Crippen LogP) is 2.46. The van der Waals surface area contributed by atoms with E-state index in [9.17, 15) is 4.79 Å². The standard InChI is InChI=1S/C18H24N2O2/c1-11-3-5-14-8-12(2)17(16(14)7-11)20-18(22)19-15-6-4-13(9-15)10-21/h3-7,12-13,15,17,21H,8-10H2,1-2H3,(H2,19,20,22)/t12?,13-,15+,17?/m0/s1. The van der Waals surface area contributed by atoms with Gasteiger partial charge in [0.05, 0.1) is 6.04 Å². The Labute approximate surface area is 131 Å². The minimum Gasteiger partial charge on any atom is -0.396 e. The first-order valence-electron chi connectivity index (χ1n) is 8.02. The molecule has 22 heavy (non-hydrogen) atoms. The van der Waals surface area contributed by atoms with Crippen molar-refractivity contribution in [3.05, 3.63) is 47.0 Å². The van der Waals surface area contributed by atoms with Gasteiger partial charge in [0.2, 0.25) is 0 Å². The first kappa shape index (κ1) is 15.1. The molecule has 1 aromatic rings. The SMILES string of the molecule is Cc1ccc2c(c1)C(NC(=O)N[C@@H]1C=C[C@H](CO)C1)C(C)C2. The average molecular weight is 300 g/mol. The summed E-state index contributed by atoms with van der Waals surface area (Å²) in [6, 6.07) is 6.46. The van der Waals surface area contributed by atoms with Gasteiger partial charge in [0, 0.05) is 18.6 Å². The van der Waals surface area contributed by atoms with Crippen molar-refractivity contribution in [1.29, 1.82) is 0 Å². The number of benzene rings is 1. The van der Waals surface area contributed by atoms with E-state index in [1.54, 1.807) is 0 Å². The lowest BCUT2D eigenvalue weighted by atomic mass is 10.0. The lowest BCUT2D eigenvalue weighted by Gasteiger charge is -2.21. The molecule has 2 aliphatic carbocycles. The molecule has 3 N–H and O–H groups in total. The highest BCUT2D eigenvalue weighted by Gasteiger charge is 2.31. The van der Waals surface area contributed by atoms with E-state index in [0.29, 0.717) is 5.92 Å². The van der Waals surface area contributed by atoms with Crippen LogP contribution in [0.2, 0.25) is 0 Å². The lowest BCUT2D eigenvalue weighted by molar-refractivity contribution is 0.226. The number of urea groups is 1. The van der Waals surface area contributed by atoms with Crippen LogP contribution in [0, 0.1) is 18.8 Å². The van der Waals surface area contributed by atoms with Gasteiger partial charge in [-0.2, -0.15) is 0 Å². The number of amides is 2. The number of nitrogens with one attached hydrogen (secondary N) is 2. The summed E-state index contributed by atoms with van der Waals surface area (Å²) in [6.07, 6.45) is 5.73. The van der Waals surface area contributed by atoms with Crippen LogP contribution in [0.5, 0.6) is 0 Å². The van der Waals surface area contributed by atoms with Gasteiger partial charge in [0.1, 0.15) is 0 Å². The van der Waals surface area contributed by atoms with Crippen LogP contribution in [-0.4, -0.2) is 23.8 Å². The van der Waals surface area contributed by atoms with Gasteiger partial charge < -0.3 is 15.7 Å². The van der Waals surface area contributed by atoms with Crippen molar-refractivity contribution < 1.29 is 9.90 Å². The summed E-state index contributed by atoms with van der Waals surface area (Å²) in [5.41, 5.74) is 3.81. The molecular weight excluding hydrogens is 276 g/mol. The molecule has 0 aliphatic heterocycles. The van der Waals surface area contributed by atoms with Crippen molar-refractivity contribution in [3.8, 4) is 0 Å². The third-order valence-electron chi connectivity index (χ3n) is 4.76. The topological polar surface area (TPSA) is 61.4 Å². The maximum absolute atomic E-state index is 12.3. The highest BCUT2D eigenvalue weighted by molar-refractivity contribution is 5.75. The number of aliphatic hydroxyl groups excluding tert-OH is 1. The highest BCUT2D eigenvalue weighted by Crippen LogP contribution is 2.36. The Balaban J connectivity index is 1.63. The fourth-order valence-corrected chi connectivity index (χ4v) is 3.55. The molecule has 1 aromatic carbocycles. The number of carbonyl (C=O) groups excluding carboxylic acids is 1. The molecule has 118 valence electrons. The zero-order chi connectivity index (χ0) is 15.7. The number of aliphatic hydroxyl groups is 1. The van der Waals surface area contributed by atoms with E-state index in [1.165, 1.54) is 16.7 Å². The number of fused-ring (bicyclic) bond motifs is 1. The highest BCUT2D eigenvalue weighted by atomic mass is 16.3. The summed E-state index contributed by atoms with van der Waals surface area (Å²) in [5, 5.41) is 15.3. The quantitative estimate of drug-likeness (QED) is 0.751. The molecule has 2 aliphatic rings. The van der Waals surface area contributed by atoms with Gasteiger partial charge in [-0.1, -0.05) is 42.8 Å². The second kappa shape index (κ2) is 6.13.